The number of aromatic nitrogens is 2. The first kappa shape index (κ1) is 23.2. The van der Waals surface area contributed by atoms with Crippen LogP contribution in [0.3, 0.4) is 0 Å². The lowest BCUT2D eigenvalue weighted by atomic mass is 10.2. The summed E-state index contributed by atoms with van der Waals surface area (Å²) in [5.41, 5.74) is 0.522. The molecule has 0 saturated heterocycles. The molecule has 4 aromatic rings. The fourth-order valence-electron chi connectivity index (χ4n) is 2.90. The second-order valence-corrected chi connectivity index (χ2v) is 7.86. The van der Waals surface area contributed by atoms with Gasteiger partial charge < -0.3 is 4.42 Å². The highest BCUT2D eigenvalue weighted by Gasteiger charge is 2.31. The van der Waals surface area contributed by atoms with Crippen LogP contribution in [0.2, 0.25) is 0 Å². The van der Waals surface area contributed by atoms with Crippen molar-refractivity contribution in [2.75, 3.05) is 10.8 Å². The molecule has 0 spiro atoms. The van der Waals surface area contributed by atoms with E-state index < -0.39 is 17.6 Å². The molecule has 34 heavy (non-hydrogen) atoms. The summed E-state index contributed by atoms with van der Waals surface area (Å²) in [4.78, 5) is 13.0. The summed E-state index contributed by atoms with van der Waals surface area (Å²) < 4.78 is 45.2. The maximum Gasteiger partial charge on any atom is 0.416 e. The van der Waals surface area contributed by atoms with E-state index in [9.17, 15) is 18.0 Å². The zero-order valence-corrected chi connectivity index (χ0v) is 18.3. The Morgan fingerprint density at radius 1 is 0.971 bits per heavy atom. The van der Waals surface area contributed by atoms with E-state index in [1.165, 1.54) is 18.3 Å². The molecule has 1 heterocycles. The van der Waals surface area contributed by atoms with Crippen LogP contribution in [-0.2, 0) is 11.0 Å². The van der Waals surface area contributed by atoms with E-state index in [1.807, 2.05) is 24.3 Å². The van der Waals surface area contributed by atoms with Crippen molar-refractivity contribution >= 4 is 29.6 Å². The molecule has 172 valence electrons. The van der Waals surface area contributed by atoms with Crippen molar-refractivity contribution in [2.45, 2.75) is 11.4 Å². The van der Waals surface area contributed by atoms with Gasteiger partial charge in [-0.15, -0.1) is 10.2 Å². The average Bonchev–Trinajstić information content (AvgIpc) is 3.33. The summed E-state index contributed by atoms with van der Waals surface area (Å²) in [6.07, 6.45) is -3.15. The molecule has 1 aromatic heterocycles. The number of carbonyl (C=O) groups is 1. The Labute approximate surface area is 197 Å². The highest BCUT2D eigenvalue weighted by Crippen LogP contribution is 2.32. The van der Waals surface area contributed by atoms with Crippen LogP contribution in [0.5, 0.6) is 0 Å². The summed E-state index contributed by atoms with van der Waals surface area (Å²) in [5.74, 6) is -0.443. The van der Waals surface area contributed by atoms with Crippen molar-refractivity contribution in [3.8, 4) is 11.5 Å². The molecule has 3 aromatic carbocycles. The third kappa shape index (κ3) is 5.90. The molecule has 0 N–H and O–H groups in total. The van der Waals surface area contributed by atoms with Gasteiger partial charge in [0.2, 0.25) is 5.89 Å². The van der Waals surface area contributed by atoms with Gasteiger partial charge >= 0.3 is 6.18 Å². The van der Waals surface area contributed by atoms with Crippen molar-refractivity contribution in [2.24, 2.45) is 5.10 Å². The van der Waals surface area contributed by atoms with Gasteiger partial charge in [-0.2, -0.15) is 18.3 Å². The molecule has 0 aliphatic rings. The lowest BCUT2D eigenvalue weighted by Crippen LogP contribution is -2.27. The molecule has 0 fully saturated rings. The number of hydrazone groups is 1. The van der Waals surface area contributed by atoms with Gasteiger partial charge in [-0.25, -0.2) is 5.01 Å². The van der Waals surface area contributed by atoms with E-state index in [0.717, 1.165) is 34.5 Å². The highest BCUT2D eigenvalue weighted by molar-refractivity contribution is 7.99. The standard InChI is InChI=1S/C24H17F3N4O2S/c25-24(26,27)19-12-7-13-20(14-19)31(28-15-17-8-3-1-4-9-17)21(32)16-34-23-30-29-22(33-23)18-10-5-2-6-11-18/h1-15H,16H2. The van der Waals surface area contributed by atoms with E-state index in [1.54, 1.807) is 36.4 Å². The summed E-state index contributed by atoms with van der Waals surface area (Å²) in [6, 6.07) is 22.5. The van der Waals surface area contributed by atoms with Crippen LogP contribution in [0.15, 0.2) is 99.7 Å². The summed E-state index contributed by atoms with van der Waals surface area (Å²) in [6.45, 7) is 0. The van der Waals surface area contributed by atoms with E-state index in [-0.39, 0.29) is 16.7 Å². The van der Waals surface area contributed by atoms with E-state index >= 15 is 0 Å². The minimum absolute atomic E-state index is 0.0110. The fourth-order valence-corrected chi connectivity index (χ4v) is 3.51. The smallest absolute Gasteiger partial charge is 0.411 e. The maximum atomic E-state index is 13.2. The topological polar surface area (TPSA) is 71.6 Å². The molecule has 0 aliphatic heterocycles. The molecule has 1 amide bonds. The number of thioether (sulfide) groups is 1. The van der Waals surface area contributed by atoms with Crippen molar-refractivity contribution < 1.29 is 22.4 Å². The van der Waals surface area contributed by atoms with Crippen LogP contribution in [0, 0.1) is 0 Å². The minimum atomic E-state index is -4.56. The van der Waals surface area contributed by atoms with Gasteiger partial charge in [0.15, 0.2) is 0 Å². The summed E-state index contributed by atoms with van der Waals surface area (Å²) in [7, 11) is 0. The summed E-state index contributed by atoms with van der Waals surface area (Å²) >= 11 is 0.971. The Hall–Kier alpha value is -3.92. The largest absolute Gasteiger partial charge is 0.416 e. The number of anilines is 1. The molecule has 4 rings (SSSR count). The zero-order chi connectivity index (χ0) is 24.0. The minimum Gasteiger partial charge on any atom is -0.411 e. The number of benzene rings is 3. The molecular weight excluding hydrogens is 465 g/mol. The summed E-state index contributed by atoms with van der Waals surface area (Å²) in [5, 5.41) is 13.1. The number of carbonyl (C=O) groups excluding carboxylic acids is 1. The van der Waals surface area contributed by atoms with Crippen LogP contribution < -0.4 is 5.01 Å². The third-order valence-corrected chi connectivity index (χ3v) is 5.33. The molecular formula is C24H17F3N4O2S. The molecule has 0 radical (unpaired) electrons. The monoisotopic (exact) mass is 482 g/mol. The van der Waals surface area contributed by atoms with Gasteiger partial charge in [0.05, 0.1) is 23.2 Å². The van der Waals surface area contributed by atoms with Crippen LogP contribution >= 0.6 is 11.8 Å². The molecule has 0 aliphatic carbocycles. The SMILES string of the molecule is O=C(CSc1nnc(-c2ccccc2)o1)N(N=Cc1ccccc1)c1cccc(C(F)(F)F)c1. The molecule has 0 saturated carbocycles. The van der Waals surface area contributed by atoms with Gasteiger partial charge in [-0.05, 0) is 35.9 Å². The molecule has 0 atom stereocenters. The number of rotatable bonds is 7. The first-order chi connectivity index (χ1) is 16.4. The Morgan fingerprint density at radius 3 is 2.38 bits per heavy atom. The molecule has 10 heteroatoms. The number of hydrogen-bond donors (Lipinski definition) is 0. The number of amides is 1. The lowest BCUT2D eigenvalue weighted by molar-refractivity contribution is -0.137. The molecule has 0 unspecified atom stereocenters. The first-order valence-corrected chi connectivity index (χ1v) is 11.0. The Morgan fingerprint density at radius 2 is 1.68 bits per heavy atom. The van der Waals surface area contributed by atoms with Gasteiger partial charge in [0.25, 0.3) is 11.1 Å². The Kier molecular flexibility index (Phi) is 7.07. The third-order valence-electron chi connectivity index (χ3n) is 4.52. The predicted molar refractivity (Wildman–Crippen MR) is 123 cm³/mol. The quantitative estimate of drug-likeness (QED) is 0.186. The second-order valence-electron chi connectivity index (χ2n) is 6.94. The lowest BCUT2D eigenvalue weighted by Gasteiger charge is -2.18. The van der Waals surface area contributed by atoms with Crippen LogP contribution in [0.25, 0.3) is 11.5 Å². The molecule has 0 bridgehead atoms. The van der Waals surface area contributed by atoms with E-state index in [0.29, 0.717) is 11.5 Å². The van der Waals surface area contributed by atoms with Gasteiger partial charge in [-0.1, -0.05) is 66.4 Å². The first-order valence-electron chi connectivity index (χ1n) is 10.0. The Bertz CT molecular complexity index is 1280. The maximum absolute atomic E-state index is 13.2. The van der Waals surface area contributed by atoms with Gasteiger partial charge in [-0.3, -0.25) is 4.79 Å². The number of hydrogen-bond acceptors (Lipinski definition) is 6. The predicted octanol–water partition coefficient (Wildman–Crippen LogP) is 5.91. The molecule has 6 nitrogen and oxygen atoms in total. The number of nitrogens with zero attached hydrogens (tertiary/aromatic N) is 4. The second kappa shape index (κ2) is 10.3. The number of alkyl halides is 3. The van der Waals surface area contributed by atoms with Gasteiger partial charge in [0, 0.05) is 5.56 Å². The van der Waals surface area contributed by atoms with Crippen LogP contribution in [-0.4, -0.2) is 28.1 Å². The van der Waals surface area contributed by atoms with E-state index in [2.05, 4.69) is 15.3 Å². The van der Waals surface area contributed by atoms with E-state index in [4.69, 9.17) is 4.42 Å². The van der Waals surface area contributed by atoms with Crippen LogP contribution in [0.4, 0.5) is 18.9 Å². The fraction of sp³-hybridized carbons (Fsp3) is 0.0833. The van der Waals surface area contributed by atoms with Crippen molar-refractivity contribution in [1.29, 1.82) is 0 Å². The van der Waals surface area contributed by atoms with Crippen LogP contribution in [0.1, 0.15) is 11.1 Å². The van der Waals surface area contributed by atoms with Crippen molar-refractivity contribution in [3.63, 3.8) is 0 Å². The number of halogens is 3. The Balaban J connectivity index is 1.54. The highest BCUT2D eigenvalue weighted by atomic mass is 32.2. The zero-order valence-electron chi connectivity index (χ0n) is 17.5. The average molecular weight is 482 g/mol. The van der Waals surface area contributed by atoms with Gasteiger partial charge in [0.1, 0.15) is 0 Å². The van der Waals surface area contributed by atoms with Crippen molar-refractivity contribution in [1.82, 2.24) is 10.2 Å². The normalized spacial score (nSPS) is 11.6. The van der Waals surface area contributed by atoms with Crippen molar-refractivity contribution in [3.05, 3.63) is 96.1 Å².